The van der Waals surface area contributed by atoms with E-state index in [9.17, 15) is 31.9 Å². The molecule has 0 spiro atoms. The summed E-state index contributed by atoms with van der Waals surface area (Å²) in [5, 5.41) is 13.9. The molecule has 0 aliphatic carbocycles. The average Bonchev–Trinajstić information content (AvgIpc) is 3.06. The summed E-state index contributed by atoms with van der Waals surface area (Å²) in [6, 6.07) is 1.94. The third-order valence-corrected chi connectivity index (χ3v) is 5.66. The van der Waals surface area contributed by atoms with Gasteiger partial charge in [-0.3, -0.25) is 9.48 Å². The van der Waals surface area contributed by atoms with Gasteiger partial charge in [0.25, 0.3) is 0 Å². The highest BCUT2D eigenvalue weighted by molar-refractivity contribution is 5.95. The number of amides is 1. The smallest absolute Gasteiger partial charge is 0.419 e. The maximum absolute atomic E-state index is 14.6. The van der Waals surface area contributed by atoms with Gasteiger partial charge in [0.15, 0.2) is 17.4 Å². The summed E-state index contributed by atoms with van der Waals surface area (Å²) in [4.78, 5) is 20.2. The summed E-state index contributed by atoms with van der Waals surface area (Å²) >= 11 is 0. The van der Waals surface area contributed by atoms with Gasteiger partial charge in [0.1, 0.15) is 11.5 Å². The number of halogens is 5. The van der Waals surface area contributed by atoms with Crippen molar-refractivity contribution in [2.45, 2.75) is 26.1 Å². The van der Waals surface area contributed by atoms with Gasteiger partial charge in [-0.25, -0.2) is 13.8 Å². The number of carbonyl (C=O) groups is 1. The Bertz CT molecular complexity index is 1250. The molecule has 1 amide bonds. The summed E-state index contributed by atoms with van der Waals surface area (Å²) in [7, 11) is 1.50. The van der Waals surface area contributed by atoms with Crippen LogP contribution in [-0.4, -0.2) is 56.4 Å². The number of benzene rings is 1. The van der Waals surface area contributed by atoms with Crippen LogP contribution in [-0.2, 0) is 18.0 Å². The molecule has 2 aromatic heterocycles. The fourth-order valence-electron chi connectivity index (χ4n) is 3.94. The van der Waals surface area contributed by atoms with Crippen molar-refractivity contribution in [2.24, 2.45) is 7.05 Å². The standard InChI is InChI=1S/C21H20F5N5O2/c1-10(2)31-5-4-30(9-16(31)32)15-7-14-12(8-27-15)19(28-29(14)3)11-6-13(21(24,25)26)18(23)20(33)17(11)22/h6-8,10,33H,4-5,9H2,1-3H3. The largest absolute Gasteiger partial charge is 0.503 e. The molecule has 1 aliphatic rings. The van der Waals surface area contributed by atoms with E-state index < -0.39 is 34.7 Å². The van der Waals surface area contributed by atoms with E-state index in [1.54, 1.807) is 15.9 Å². The van der Waals surface area contributed by atoms with Gasteiger partial charge in [0, 0.05) is 49.4 Å². The van der Waals surface area contributed by atoms with E-state index in [1.807, 2.05) is 13.8 Å². The van der Waals surface area contributed by atoms with Gasteiger partial charge in [-0.05, 0) is 19.9 Å². The third-order valence-electron chi connectivity index (χ3n) is 5.66. The highest BCUT2D eigenvalue weighted by atomic mass is 19.4. The minimum absolute atomic E-state index is 0.0626. The number of alkyl halides is 3. The van der Waals surface area contributed by atoms with Crippen LogP contribution in [0.15, 0.2) is 18.3 Å². The Kier molecular flexibility index (Phi) is 5.41. The van der Waals surface area contributed by atoms with Gasteiger partial charge >= 0.3 is 6.18 Å². The number of aryl methyl sites for hydroxylation is 1. The number of fused-ring (bicyclic) bond motifs is 1. The van der Waals surface area contributed by atoms with Crippen LogP contribution >= 0.6 is 0 Å². The molecular formula is C21H20F5N5O2. The lowest BCUT2D eigenvalue weighted by molar-refractivity contribution is -0.140. The minimum atomic E-state index is -5.15. The van der Waals surface area contributed by atoms with Crippen molar-refractivity contribution >= 4 is 22.6 Å². The molecule has 1 saturated heterocycles. The lowest BCUT2D eigenvalue weighted by Gasteiger charge is -2.37. The molecule has 1 fully saturated rings. The van der Waals surface area contributed by atoms with E-state index in [2.05, 4.69) is 10.1 Å². The third kappa shape index (κ3) is 3.83. The predicted molar refractivity (Wildman–Crippen MR) is 110 cm³/mol. The normalized spacial score (nSPS) is 15.2. The van der Waals surface area contributed by atoms with Crippen LogP contribution in [0.3, 0.4) is 0 Å². The fourth-order valence-corrected chi connectivity index (χ4v) is 3.94. The Hall–Kier alpha value is -3.44. The highest BCUT2D eigenvalue weighted by Crippen LogP contribution is 2.41. The number of rotatable bonds is 3. The van der Waals surface area contributed by atoms with Crippen LogP contribution in [0.25, 0.3) is 22.2 Å². The SMILES string of the molecule is CC(C)N1CCN(c2cc3c(cn2)c(-c2cc(C(F)(F)F)c(F)c(O)c2F)nn3C)CC1=O. The second-order valence-electron chi connectivity index (χ2n) is 8.08. The molecule has 3 aromatic rings. The molecule has 0 saturated carbocycles. The van der Waals surface area contributed by atoms with Gasteiger partial charge in [0.05, 0.1) is 17.6 Å². The zero-order valence-corrected chi connectivity index (χ0v) is 17.9. The van der Waals surface area contributed by atoms with E-state index in [0.29, 0.717) is 24.4 Å². The summed E-state index contributed by atoms with van der Waals surface area (Å²) in [6.45, 7) is 4.99. The maximum atomic E-state index is 14.6. The number of hydrogen-bond acceptors (Lipinski definition) is 5. The van der Waals surface area contributed by atoms with Crippen molar-refractivity contribution in [3.8, 4) is 17.0 Å². The number of aromatic hydroxyl groups is 1. The first-order valence-corrected chi connectivity index (χ1v) is 10.1. The number of pyridine rings is 1. The number of nitrogens with zero attached hydrogens (tertiary/aromatic N) is 5. The summed E-state index contributed by atoms with van der Waals surface area (Å²) in [5.74, 6) is -4.99. The van der Waals surface area contributed by atoms with E-state index in [1.165, 1.54) is 17.9 Å². The zero-order valence-electron chi connectivity index (χ0n) is 17.9. The fraction of sp³-hybridized carbons (Fsp3) is 0.381. The number of phenols is 1. The van der Waals surface area contributed by atoms with Crippen molar-refractivity contribution in [1.82, 2.24) is 19.7 Å². The molecule has 7 nitrogen and oxygen atoms in total. The molecule has 0 bridgehead atoms. The van der Waals surface area contributed by atoms with E-state index in [0.717, 1.165) is 0 Å². The number of carbonyl (C=O) groups excluding carboxylic acids is 1. The van der Waals surface area contributed by atoms with Crippen molar-refractivity contribution in [2.75, 3.05) is 24.5 Å². The number of phenolic OH excluding ortho intramolecular Hbond substituents is 1. The number of anilines is 1. The van der Waals surface area contributed by atoms with Gasteiger partial charge in [-0.1, -0.05) is 0 Å². The molecule has 1 aliphatic heterocycles. The van der Waals surface area contributed by atoms with Crippen molar-refractivity contribution in [3.63, 3.8) is 0 Å². The molecule has 1 aromatic carbocycles. The van der Waals surface area contributed by atoms with Crippen molar-refractivity contribution < 1.29 is 31.9 Å². The van der Waals surface area contributed by atoms with Crippen molar-refractivity contribution in [3.05, 3.63) is 35.5 Å². The van der Waals surface area contributed by atoms with E-state index >= 15 is 0 Å². The average molecular weight is 469 g/mol. The predicted octanol–water partition coefficient (Wildman–Crippen LogP) is 3.69. The van der Waals surface area contributed by atoms with Gasteiger partial charge < -0.3 is 14.9 Å². The Balaban J connectivity index is 1.78. The molecule has 33 heavy (non-hydrogen) atoms. The van der Waals surface area contributed by atoms with Crippen LogP contribution in [0.2, 0.25) is 0 Å². The van der Waals surface area contributed by atoms with Gasteiger partial charge in [-0.2, -0.15) is 18.3 Å². The number of piperazine rings is 1. The van der Waals surface area contributed by atoms with Crippen LogP contribution < -0.4 is 4.90 Å². The van der Waals surface area contributed by atoms with E-state index in [-0.39, 0.29) is 35.6 Å². The Labute approximate surface area is 185 Å². The van der Waals surface area contributed by atoms with Gasteiger partial charge in [-0.15, -0.1) is 0 Å². The maximum Gasteiger partial charge on any atom is 0.419 e. The monoisotopic (exact) mass is 469 g/mol. The van der Waals surface area contributed by atoms with Crippen molar-refractivity contribution in [1.29, 1.82) is 0 Å². The molecule has 1 N–H and O–H groups in total. The molecule has 4 rings (SSSR count). The van der Waals surface area contributed by atoms with Gasteiger partial charge in [0.2, 0.25) is 5.91 Å². The van der Waals surface area contributed by atoms with Crippen LogP contribution in [0.4, 0.5) is 27.8 Å². The Morgan fingerprint density at radius 2 is 1.82 bits per heavy atom. The lowest BCUT2D eigenvalue weighted by atomic mass is 10.0. The number of aromatic nitrogens is 3. The summed E-state index contributed by atoms with van der Waals surface area (Å²) in [6.07, 6.45) is -3.84. The lowest BCUT2D eigenvalue weighted by Crippen LogP contribution is -2.53. The summed E-state index contributed by atoms with van der Waals surface area (Å²) < 4.78 is 69.3. The first kappa shape index (κ1) is 22.7. The van der Waals surface area contributed by atoms with Crippen LogP contribution in [0, 0.1) is 11.6 Å². The number of hydrogen-bond donors (Lipinski definition) is 1. The Morgan fingerprint density at radius 3 is 2.42 bits per heavy atom. The minimum Gasteiger partial charge on any atom is -0.503 e. The second-order valence-corrected chi connectivity index (χ2v) is 8.08. The first-order valence-electron chi connectivity index (χ1n) is 10.1. The molecule has 0 radical (unpaired) electrons. The van der Waals surface area contributed by atoms with Crippen LogP contribution in [0.5, 0.6) is 5.75 Å². The quantitative estimate of drug-likeness (QED) is 0.593. The second kappa shape index (κ2) is 7.85. The molecule has 0 atom stereocenters. The van der Waals surface area contributed by atoms with E-state index in [4.69, 9.17) is 0 Å². The molecule has 3 heterocycles. The zero-order chi connectivity index (χ0) is 24.2. The summed E-state index contributed by atoms with van der Waals surface area (Å²) in [5.41, 5.74) is -2.33. The molecule has 0 unspecified atom stereocenters. The molecule has 176 valence electrons. The first-order chi connectivity index (χ1) is 15.4. The highest BCUT2D eigenvalue weighted by Gasteiger charge is 2.38. The molecular weight excluding hydrogens is 449 g/mol. The Morgan fingerprint density at radius 1 is 1.12 bits per heavy atom. The topological polar surface area (TPSA) is 74.5 Å². The molecule has 12 heteroatoms. The van der Waals surface area contributed by atoms with Crippen LogP contribution in [0.1, 0.15) is 19.4 Å².